The second-order valence-corrected chi connectivity index (χ2v) is 7.70. The average molecular weight is 348 g/mol. The molecule has 0 bridgehead atoms. The topological polar surface area (TPSA) is 43.4 Å². The maximum absolute atomic E-state index is 12.6. The predicted octanol–water partition coefficient (Wildman–Crippen LogP) is 4.70. The van der Waals surface area contributed by atoms with Gasteiger partial charge in [-0.05, 0) is 41.0 Å². The molecule has 23 heavy (non-hydrogen) atoms. The molecule has 1 aliphatic rings. The van der Waals surface area contributed by atoms with Crippen LogP contribution < -0.4 is 0 Å². The highest BCUT2D eigenvalue weighted by molar-refractivity contribution is 7.87. The van der Waals surface area contributed by atoms with Crippen LogP contribution in [0.5, 0.6) is 0 Å². The van der Waals surface area contributed by atoms with E-state index in [1.807, 2.05) is 39.8 Å². The van der Waals surface area contributed by atoms with E-state index in [1.165, 1.54) is 6.08 Å². The molecule has 0 heterocycles. The van der Waals surface area contributed by atoms with Gasteiger partial charge in [-0.25, -0.2) is 0 Å². The van der Waals surface area contributed by atoms with Gasteiger partial charge in [-0.1, -0.05) is 39.8 Å². The van der Waals surface area contributed by atoms with Gasteiger partial charge in [0.05, 0.1) is 0 Å². The molecule has 0 saturated carbocycles. The highest BCUT2D eigenvalue weighted by Crippen LogP contribution is 2.41. The van der Waals surface area contributed by atoms with Crippen molar-refractivity contribution in [3.05, 3.63) is 40.5 Å². The lowest BCUT2D eigenvalue weighted by molar-refractivity contribution is -0.0509. The zero-order chi connectivity index (χ0) is 17.6. The molecule has 0 N–H and O–H groups in total. The third-order valence-corrected chi connectivity index (χ3v) is 4.81. The molecule has 0 aromatic heterocycles. The van der Waals surface area contributed by atoms with Gasteiger partial charge in [0.1, 0.15) is 5.76 Å². The average Bonchev–Trinajstić information content (AvgIpc) is 2.79. The zero-order valence-electron chi connectivity index (χ0n) is 13.4. The minimum atomic E-state index is -5.67. The lowest BCUT2D eigenvalue weighted by atomic mass is 9.87. The number of halogens is 3. The summed E-state index contributed by atoms with van der Waals surface area (Å²) in [6.45, 7) is 7.77. The number of hydrogen-bond acceptors (Lipinski definition) is 3. The van der Waals surface area contributed by atoms with Gasteiger partial charge >= 0.3 is 15.6 Å². The molecular weight excluding hydrogens is 329 g/mol. The predicted molar refractivity (Wildman–Crippen MR) is 82.4 cm³/mol. The fourth-order valence-corrected chi connectivity index (χ4v) is 3.24. The zero-order valence-corrected chi connectivity index (χ0v) is 14.2. The Bertz CT molecular complexity index is 745. The second kappa shape index (κ2) is 5.85. The molecule has 0 atom stereocenters. The Hall–Kier alpha value is -1.50. The number of benzene rings is 1. The summed E-state index contributed by atoms with van der Waals surface area (Å²) < 4.78 is 64.9. The fourth-order valence-electron chi connectivity index (χ4n) is 2.75. The molecule has 2 rings (SSSR count). The first-order chi connectivity index (χ1) is 10.5. The van der Waals surface area contributed by atoms with Gasteiger partial charge in [0.2, 0.25) is 0 Å². The van der Waals surface area contributed by atoms with Crippen molar-refractivity contribution in [3.8, 4) is 0 Å². The quantitative estimate of drug-likeness (QED) is 0.585. The lowest BCUT2D eigenvalue weighted by Crippen LogP contribution is -2.25. The Kier molecular flexibility index (Phi) is 4.54. The Morgan fingerprint density at radius 3 is 2.04 bits per heavy atom. The Labute approximate surface area is 134 Å². The molecule has 0 aliphatic heterocycles. The summed E-state index contributed by atoms with van der Waals surface area (Å²) in [7, 11) is -5.67. The first kappa shape index (κ1) is 17.8. The van der Waals surface area contributed by atoms with E-state index in [0.29, 0.717) is 12.0 Å². The molecule has 0 radical (unpaired) electrons. The summed E-state index contributed by atoms with van der Waals surface area (Å²) in [4.78, 5) is 0. The van der Waals surface area contributed by atoms with Crippen molar-refractivity contribution >= 4 is 15.9 Å². The first-order valence-corrected chi connectivity index (χ1v) is 8.73. The number of fused-ring (bicyclic) bond motifs is 1. The normalized spacial score (nSPS) is 15.1. The molecule has 1 aliphatic carbocycles. The molecule has 1 aromatic carbocycles. The van der Waals surface area contributed by atoms with E-state index in [2.05, 4.69) is 4.18 Å². The molecule has 0 fully saturated rings. The highest BCUT2D eigenvalue weighted by atomic mass is 32.2. The van der Waals surface area contributed by atoms with Crippen LogP contribution in [0, 0.1) is 0 Å². The number of allylic oxidation sites excluding steroid dienone is 1. The van der Waals surface area contributed by atoms with Gasteiger partial charge < -0.3 is 4.18 Å². The number of rotatable bonds is 4. The first-order valence-electron chi connectivity index (χ1n) is 7.32. The van der Waals surface area contributed by atoms with Crippen LogP contribution in [0.2, 0.25) is 0 Å². The van der Waals surface area contributed by atoms with Crippen molar-refractivity contribution in [1.82, 2.24) is 0 Å². The molecule has 0 saturated heterocycles. The van der Waals surface area contributed by atoms with E-state index in [9.17, 15) is 21.6 Å². The standard InChI is InChI=1S/C16H19F3O3S/c1-9(2)11-5-6-12(10(3)4)15-13(11)7-8-14(15)22-23(20,21)16(17,18)19/h5-6,8-10H,7H2,1-4H3. The summed E-state index contributed by atoms with van der Waals surface area (Å²) in [5.74, 6) is -0.0101. The van der Waals surface area contributed by atoms with Crippen molar-refractivity contribution in [1.29, 1.82) is 0 Å². The summed E-state index contributed by atoms with van der Waals surface area (Å²) in [6.07, 6.45) is 1.78. The molecule has 0 amide bonds. The van der Waals surface area contributed by atoms with Gasteiger partial charge in [-0.15, -0.1) is 0 Å². The van der Waals surface area contributed by atoms with Crippen LogP contribution in [0.4, 0.5) is 13.2 Å². The van der Waals surface area contributed by atoms with Gasteiger partial charge in [0.15, 0.2) is 0 Å². The molecule has 3 nitrogen and oxygen atoms in total. The lowest BCUT2D eigenvalue weighted by Gasteiger charge is -2.20. The molecular formula is C16H19F3O3S. The van der Waals surface area contributed by atoms with Gasteiger partial charge in [0.25, 0.3) is 0 Å². The van der Waals surface area contributed by atoms with Crippen LogP contribution in [0.3, 0.4) is 0 Å². The molecule has 128 valence electrons. The molecule has 7 heteroatoms. The monoisotopic (exact) mass is 348 g/mol. The fraction of sp³-hybridized carbons (Fsp3) is 0.500. The minimum absolute atomic E-state index is 0.0312. The molecule has 0 spiro atoms. The SMILES string of the molecule is CC(C)c1ccc(C(C)C)c2c1CC=C2OS(=O)(=O)C(F)(F)F. The summed E-state index contributed by atoms with van der Waals surface area (Å²) in [6, 6.07) is 3.79. The van der Waals surface area contributed by atoms with E-state index in [0.717, 1.165) is 16.7 Å². The smallest absolute Gasteiger partial charge is 0.376 e. The van der Waals surface area contributed by atoms with Crippen molar-refractivity contribution in [2.45, 2.75) is 51.5 Å². The summed E-state index contributed by atoms with van der Waals surface area (Å²) >= 11 is 0. The minimum Gasteiger partial charge on any atom is -0.376 e. The van der Waals surface area contributed by atoms with Crippen molar-refractivity contribution in [2.24, 2.45) is 0 Å². The number of alkyl halides is 3. The van der Waals surface area contributed by atoms with Crippen LogP contribution in [0.1, 0.15) is 61.8 Å². The van der Waals surface area contributed by atoms with Crippen LogP contribution in [0.25, 0.3) is 5.76 Å². The van der Waals surface area contributed by atoms with Crippen molar-refractivity contribution in [2.75, 3.05) is 0 Å². The Morgan fingerprint density at radius 2 is 1.57 bits per heavy atom. The van der Waals surface area contributed by atoms with E-state index in [-0.39, 0.29) is 17.6 Å². The third kappa shape index (κ3) is 3.24. The van der Waals surface area contributed by atoms with Crippen LogP contribution >= 0.6 is 0 Å². The number of hydrogen-bond donors (Lipinski definition) is 0. The van der Waals surface area contributed by atoms with Crippen molar-refractivity contribution < 1.29 is 25.8 Å². The summed E-state index contributed by atoms with van der Waals surface area (Å²) in [5.41, 5.74) is -2.34. The van der Waals surface area contributed by atoms with E-state index in [4.69, 9.17) is 0 Å². The maximum atomic E-state index is 12.6. The molecule has 0 unspecified atom stereocenters. The van der Waals surface area contributed by atoms with Crippen molar-refractivity contribution in [3.63, 3.8) is 0 Å². The van der Waals surface area contributed by atoms with Crippen LogP contribution in [-0.2, 0) is 20.7 Å². The van der Waals surface area contributed by atoms with Gasteiger partial charge in [-0.2, -0.15) is 21.6 Å². The second-order valence-electron chi connectivity index (χ2n) is 6.16. The van der Waals surface area contributed by atoms with E-state index < -0.39 is 15.6 Å². The van der Waals surface area contributed by atoms with E-state index in [1.54, 1.807) is 0 Å². The maximum Gasteiger partial charge on any atom is 0.534 e. The summed E-state index contributed by atoms with van der Waals surface area (Å²) in [5, 5.41) is 0. The Morgan fingerprint density at radius 1 is 1.04 bits per heavy atom. The third-order valence-electron chi connectivity index (χ3n) is 3.85. The molecule has 1 aromatic rings. The van der Waals surface area contributed by atoms with Gasteiger partial charge in [-0.3, -0.25) is 0 Å². The Balaban J connectivity index is 2.55. The van der Waals surface area contributed by atoms with Gasteiger partial charge in [0, 0.05) is 5.56 Å². The largest absolute Gasteiger partial charge is 0.534 e. The van der Waals surface area contributed by atoms with Crippen LogP contribution in [-0.4, -0.2) is 13.9 Å². The van der Waals surface area contributed by atoms with Crippen LogP contribution in [0.15, 0.2) is 18.2 Å². The van der Waals surface area contributed by atoms with E-state index >= 15 is 0 Å². The highest BCUT2D eigenvalue weighted by Gasteiger charge is 2.49.